The number of anilines is 1. The molecule has 0 unspecified atom stereocenters. The van der Waals surface area contributed by atoms with Gasteiger partial charge in [0, 0.05) is 0 Å². The lowest BCUT2D eigenvalue weighted by Gasteiger charge is -2.19. The third kappa shape index (κ3) is 2.76. The molecule has 6 nitrogen and oxygen atoms in total. The van der Waals surface area contributed by atoms with Gasteiger partial charge in [0.05, 0.1) is 28.4 Å². The van der Waals surface area contributed by atoms with Gasteiger partial charge in [0.2, 0.25) is 0 Å². The molecule has 0 saturated carbocycles. The monoisotopic (exact) mass is 398 g/mol. The Bertz CT molecular complexity index is 895. The highest BCUT2D eigenvalue weighted by atomic mass is 35.5. The van der Waals surface area contributed by atoms with Crippen molar-refractivity contribution in [2.24, 2.45) is 0 Å². The van der Waals surface area contributed by atoms with E-state index in [0.29, 0.717) is 0 Å². The number of hydrogen-bond donors (Lipinski definition) is 0. The van der Waals surface area contributed by atoms with Crippen molar-refractivity contribution in [3.63, 3.8) is 0 Å². The van der Waals surface area contributed by atoms with Gasteiger partial charge < -0.3 is 4.74 Å². The van der Waals surface area contributed by atoms with Crippen LogP contribution in [0.3, 0.4) is 0 Å². The molecule has 2 heterocycles. The maximum atomic E-state index is 12.6. The number of aromatic nitrogens is 1. The Morgan fingerprint density at radius 2 is 1.64 bits per heavy atom. The van der Waals surface area contributed by atoms with Crippen molar-refractivity contribution in [2.45, 2.75) is 6.92 Å². The minimum absolute atomic E-state index is 0.0828. The molecule has 1 aliphatic heterocycles. The molecule has 128 valence electrons. The molecular formula is C16H9Cl3N2O4. The number of carbonyl (C=O) groups excluding carboxylic acids is 3. The number of nitrogens with zero attached hydrogens (tertiary/aromatic N) is 2. The van der Waals surface area contributed by atoms with Crippen molar-refractivity contribution < 1.29 is 19.1 Å². The number of benzene rings is 1. The van der Waals surface area contributed by atoms with Crippen molar-refractivity contribution in [3.05, 3.63) is 56.3 Å². The number of amides is 2. The summed E-state index contributed by atoms with van der Waals surface area (Å²) in [5, 5.41) is -0.780. The number of hydrogen-bond acceptors (Lipinski definition) is 5. The number of halogens is 3. The summed E-state index contributed by atoms with van der Waals surface area (Å²) in [7, 11) is 0. The van der Waals surface area contributed by atoms with Crippen LogP contribution in [0.1, 0.15) is 38.1 Å². The second kappa shape index (κ2) is 6.63. The molecule has 3 rings (SSSR count). The normalized spacial score (nSPS) is 13.2. The van der Waals surface area contributed by atoms with E-state index in [0.717, 1.165) is 4.90 Å². The summed E-state index contributed by atoms with van der Waals surface area (Å²) >= 11 is 18.3. The standard InChI is InChI=1S/C16H9Cl3N2O4/c1-2-25-16(24)11-9(17)12(10(18)13(19)20-11)21-14(22)7-5-3-4-6-8(7)15(21)23/h3-6H,2H2,1H3. The Balaban J connectivity index is 2.20. The first-order chi connectivity index (χ1) is 11.9. The fourth-order valence-electron chi connectivity index (χ4n) is 2.43. The Labute approximate surface area is 157 Å². The maximum Gasteiger partial charge on any atom is 0.358 e. The zero-order valence-electron chi connectivity index (χ0n) is 12.7. The number of imide groups is 1. The van der Waals surface area contributed by atoms with Gasteiger partial charge in [-0.15, -0.1) is 0 Å². The fraction of sp³-hybridized carbons (Fsp3) is 0.125. The summed E-state index contributed by atoms with van der Waals surface area (Å²) in [6, 6.07) is 6.26. The molecule has 0 atom stereocenters. The molecule has 0 aliphatic carbocycles. The summed E-state index contributed by atoms with van der Waals surface area (Å²) in [6.45, 7) is 1.69. The highest BCUT2D eigenvalue weighted by molar-refractivity contribution is 6.49. The van der Waals surface area contributed by atoms with Crippen molar-refractivity contribution >= 4 is 58.3 Å². The molecule has 1 aromatic heterocycles. The molecule has 25 heavy (non-hydrogen) atoms. The second-order valence-corrected chi connectivity index (χ2v) is 6.05. The fourth-order valence-corrected chi connectivity index (χ4v) is 3.17. The molecule has 2 amide bonds. The molecule has 0 fully saturated rings. The Kier molecular flexibility index (Phi) is 4.69. The summed E-state index contributed by atoms with van der Waals surface area (Å²) in [5.41, 5.74) is -0.127. The van der Waals surface area contributed by atoms with Crippen LogP contribution in [0.2, 0.25) is 15.2 Å². The van der Waals surface area contributed by atoms with Crippen LogP contribution in [0.5, 0.6) is 0 Å². The second-order valence-electron chi connectivity index (χ2n) is 4.94. The maximum absolute atomic E-state index is 12.6. The number of ether oxygens (including phenoxy) is 1. The van der Waals surface area contributed by atoms with Crippen molar-refractivity contribution in [2.75, 3.05) is 11.5 Å². The van der Waals surface area contributed by atoms with Gasteiger partial charge in [-0.05, 0) is 19.1 Å². The molecule has 0 spiro atoms. The van der Waals surface area contributed by atoms with E-state index in [2.05, 4.69) is 4.98 Å². The van der Waals surface area contributed by atoms with E-state index in [4.69, 9.17) is 39.5 Å². The van der Waals surface area contributed by atoms with Crippen LogP contribution >= 0.6 is 34.8 Å². The number of carbonyl (C=O) groups is 3. The first-order valence-electron chi connectivity index (χ1n) is 7.07. The van der Waals surface area contributed by atoms with E-state index in [9.17, 15) is 14.4 Å². The van der Waals surface area contributed by atoms with Gasteiger partial charge in [-0.1, -0.05) is 46.9 Å². The highest BCUT2D eigenvalue weighted by Gasteiger charge is 2.40. The van der Waals surface area contributed by atoms with Gasteiger partial charge in [-0.25, -0.2) is 14.7 Å². The van der Waals surface area contributed by atoms with Gasteiger partial charge in [0.1, 0.15) is 5.02 Å². The summed E-state index contributed by atoms with van der Waals surface area (Å²) in [6.07, 6.45) is 0. The lowest BCUT2D eigenvalue weighted by Crippen LogP contribution is -2.30. The van der Waals surface area contributed by atoms with Crippen molar-refractivity contribution in [1.82, 2.24) is 4.98 Å². The van der Waals surface area contributed by atoms with E-state index >= 15 is 0 Å². The number of esters is 1. The van der Waals surface area contributed by atoms with Crippen molar-refractivity contribution in [3.8, 4) is 0 Å². The predicted molar refractivity (Wildman–Crippen MR) is 92.8 cm³/mol. The topological polar surface area (TPSA) is 76.6 Å². The van der Waals surface area contributed by atoms with E-state index < -0.39 is 17.8 Å². The SMILES string of the molecule is CCOC(=O)c1nc(Cl)c(Cl)c(N2C(=O)c3ccccc3C2=O)c1Cl. The molecule has 2 aromatic rings. The van der Waals surface area contributed by atoms with Gasteiger partial charge in [0.15, 0.2) is 10.8 Å². The molecule has 0 radical (unpaired) electrons. The lowest BCUT2D eigenvalue weighted by atomic mass is 10.1. The largest absolute Gasteiger partial charge is 0.461 e. The van der Waals surface area contributed by atoms with E-state index in [1.165, 1.54) is 12.1 Å². The first kappa shape index (κ1) is 17.7. The van der Waals surface area contributed by atoms with E-state index in [1.807, 2.05) is 0 Å². The molecule has 0 N–H and O–H groups in total. The molecule has 1 aliphatic rings. The zero-order chi connectivity index (χ0) is 18.3. The molecular weight excluding hydrogens is 391 g/mol. The van der Waals surface area contributed by atoms with Gasteiger partial charge in [-0.2, -0.15) is 0 Å². The average Bonchev–Trinajstić information content (AvgIpc) is 2.84. The predicted octanol–water partition coefficient (Wildman–Crippen LogP) is 4.02. The Hall–Kier alpha value is -2.15. The number of rotatable bonds is 3. The average molecular weight is 400 g/mol. The zero-order valence-corrected chi connectivity index (χ0v) is 14.9. The van der Waals surface area contributed by atoms with Crippen LogP contribution in [0, 0.1) is 0 Å². The minimum atomic E-state index is -0.844. The number of pyridine rings is 1. The smallest absolute Gasteiger partial charge is 0.358 e. The third-order valence-corrected chi connectivity index (χ3v) is 4.59. The van der Waals surface area contributed by atoms with Crippen LogP contribution in [0.4, 0.5) is 5.69 Å². The molecule has 0 bridgehead atoms. The van der Waals surface area contributed by atoms with Gasteiger partial charge >= 0.3 is 5.97 Å². The molecule has 0 saturated heterocycles. The van der Waals surface area contributed by atoms with Gasteiger partial charge in [-0.3, -0.25) is 9.59 Å². The van der Waals surface area contributed by atoms with E-state index in [1.54, 1.807) is 19.1 Å². The van der Waals surface area contributed by atoms with Crippen LogP contribution in [-0.2, 0) is 4.74 Å². The third-order valence-electron chi connectivity index (χ3n) is 3.50. The molecule has 1 aromatic carbocycles. The Morgan fingerprint density at radius 3 is 2.16 bits per heavy atom. The summed E-state index contributed by atoms with van der Waals surface area (Å²) in [5.74, 6) is -2.09. The number of fused-ring (bicyclic) bond motifs is 1. The van der Waals surface area contributed by atoms with Crippen LogP contribution < -0.4 is 4.90 Å². The van der Waals surface area contributed by atoms with Crippen LogP contribution in [-0.4, -0.2) is 29.4 Å². The van der Waals surface area contributed by atoms with Crippen molar-refractivity contribution in [1.29, 1.82) is 0 Å². The Morgan fingerprint density at radius 1 is 1.08 bits per heavy atom. The molecule has 9 heteroatoms. The van der Waals surface area contributed by atoms with E-state index in [-0.39, 0.29) is 44.3 Å². The first-order valence-corrected chi connectivity index (χ1v) is 8.21. The summed E-state index contributed by atoms with van der Waals surface area (Å²) in [4.78, 5) is 41.9. The van der Waals surface area contributed by atoms with Crippen LogP contribution in [0.15, 0.2) is 24.3 Å². The van der Waals surface area contributed by atoms with Crippen LogP contribution in [0.25, 0.3) is 0 Å². The quantitative estimate of drug-likeness (QED) is 0.442. The van der Waals surface area contributed by atoms with Gasteiger partial charge in [0.25, 0.3) is 11.8 Å². The lowest BCUT2D eigenvalue weighted by molar-refractivity contribution is 0.0519. The summed E-state index contributed by atoms with van der Waals surface area (Å²) < 4.78 is 4.86. The minimum Gasteiger partial charge on any atom is -0.461 e. The highest BCUT2D eigenvalue weighted by Crippen LogP contribution is 2.42.